The SMILES string of the molecule is CCC1(C)NC(=O)C(C)N(Cc2cn(C)nn2)C1=O. The van der Waals surface area contributed by atoms with Crippen LogP contribution in [0.3, 0.4) is 0 Å². The number of amides is 2. The summed E-state index contributed by atoms with van der Waals surface area (Å²) in [5.74, 6) is -0.208. The normalized spacial score (nSPS) is 27.6. The van der Waals surface area contributed by atoms with Gasteiger partial charge in [0, 0.05) is 13.2 Å². The first-order valence-corrected chi connectivity index (χ1v) is 6.35. The summed E-state index contributed by atoms with van der Waals surface area (Å²) in [4.78, 5) is 26.0. The third-order valence-corrected chi connectivity index (χ3v) is 3.67. The molecular formula is C12H19N5O2. The Morgan fingerprint density at radius 1 is 1.47 bits per heavy atom. The molecule has 1 fully saturated rings. The second-order valence-electron chi connectivity index (χ2n) is 5.17. The molecule has 0 radical (unpaired) electrons. The standard InChI is InChI=1S/C12H19N5O2/c1-5-12(3)11(19)17(8(2)10(18)13-12)7-9-6-16(4)15-14-9/h6,8H,5,7H2,1-4H3,(H,13,18). The van der Waals surface area contributed by atoms with Gasteiger partial charge in [0.15, 0.2) is 0 Å². The molecule has 1 saturated heterocycles. The largest absolute Gasteiger partial charge is 0.340 e. The highest BCUT2D eigenvalue weighted by molar-refractivity contribution is 5.99. The number of nitrogens with zero attached hydrogens (tertiary/aromatic N) is 4. The predicted octanol–water partition coefficient (Wildman–Crippen LogP) is -0.169. The van der Waals surface area contributed by atoms with E-state index >= 15 is 0 Å². The molecule has 1 aromatic rings. The summed E-state index contributed by atoms with van der Waals surface area (Å²) in [6, 6.07) is -0.492. The molecule has 0 aromatic carbocycles. The van der Waals surface area contributed by atoms with E-state index in [0.717, 1.165) is 0 Å². The van der Waals surface area contributed by atoms with E-state index in [0.29, 0.717) is 18.7 Å². The molecule has 1 aliphatic heterocycles. The maximum atomic E-state index is 12.5. The van der Waals surface area contributed by atoms with Crippen molar-refractivity contribution in [3.05, 3.63) is 11.9 Å². The molecule has 0 saturated carbocycles. The van der Waals surface area contributed by atoms with E-state index in [4.69, 9.17) is 0 Å². The second kappa shape index (κ2) is 4.64. The molecule has 0 bridgehead atoms. The lowest BCUT2D eigenvalue weighted by atomic mass is 9.92. The van der Waals surface area contributed by atoms with Gasteiger partial charge in [-0.2, -0.15) is 0 Å². The van der Waals surface area contributed by atoms with Crippen molar-refractivity contribution in [2.75, 3.05) is 0 Å². The van der Waals surface area contributed by atoms with E-state index in [9.17, 15) is 9.59 Å². The van der Waals surface area contributed by atoms with Crippen molar-refractivity contribution < 1.29 is 9.59 Å². The average molecular weight is 265 g/mol. The van der Waals surface area contributed by atoms with Crippen LogP contribution in [0.4, 0.5) is 0 Å². The highest BCUT2D eigenvalue weighted by Gasteiger charge is 2.45. The van der Waals surface area contributed by atoms with Crippen molar-refractivity contribution in [2.24, 2.45) is 7.05 Å². The van der Waals surface area contributed by atoms with Gasteiger partial charge in [-0.3, -0.25) is 14.3 Å². The molecule has 2 rings (SSSR count). The van der Waals surface area contributed by atoms with Gasteiger partial charge in [0.1, 0.15) is 17.3 Å². The van der Waals surface area contributed by atoms with Gasteiger partial charge in [0.25, 0.3) is 0 Å². The number of carbonyl (C=O) groups excluding carboxylic acids is 2. The van der Waals surface area contributed by atoms with Crippen molar-refractivity contribution >= 4 is 11.8 Å². The number of hydrogen-bond acceptors (Lipinski definition) is 4. The van der Waals surface area contributed by atoms with Crippen LogP contribution >= 0.6 is 0 Å². The monoisotopic (exact) mass is 265 g/mol. The lowest BCUT2D eigenvalue weighted by molar-refractivity contribution is -0.154. The van der Waals surface area contributed by atoms with Gasteiger partial charge < -0.3 is 10.2 Å². The predicted molar refractivity (Wildman–Crippen MR) is 67.9 cm³/mol. The Hall–Kier alpha value is -1.92. The van der Waals surface area contributed by atoms with Gasteiger partial charge in [-0.15, -0.1) is 5.10 Å². The number of aryl methyl sites for hydroxylation is 1. The number of carbonyl (C=O) groups is 2. The number of aromatic nitrogens is 3. The van der Waals surface area contributed by atoms with Crippen molar-refractivity contribution in [2.45, 2.75) is 45.3 Å². The second-order valence-corrected chi connectivity index (χ2v) is 5.17. The Bertz CT molecular complexity index is 512. The van der Waals surface area contributed by atoms with E-state index in [1.54, 1.807) is 36.7 Å². The summed E-state index contributed by atoms with van der Waals surface area (Å²) in [5, 5.41) is 10.6. The number of piperazine rings is 1. The van der Waals surface area contributed by atoms with E-state index in [1.165, 1.54) is 0 Å². The molecule has 2 amide bonds. The Balaban J connectivity index is 2.25. The van der Waals surface area contributed by atoms with Crippen molar-refractivity contribution in [1.29, 1.82) is 0 Å². The molecule has 7 heteroatoms. The van der Waals surface area contributed by atoms with E-state index in [-0.39, 0.29) is 11.8 Å². The van der Waals surface area contributed by atoms with Crippen LogP contribution in [-0.2, 0) is 23.2 Å². The Kier molecular flexibility index (Phi) is 3.30. The summed E-state index contributed by atoms with van der Waals surface area (Å²) < 4.78 is 1.58. The highest BCUT2D eigenvalue weighted by atomic mass is 16.2. The highest BCUT2D eigenvalue weighted by Crippen LogP contribution is 2.22. The summed E-state index contributed by atoms with van der Waals surface area (Å²) in [6.45, 7) is 5.66. The Labute approximate surface area is 112 Å². The molecule has 1 N–H and O–H groups in total. The summed E-state index contributed by atoms with van der Waals surface area (Å²) in [6.07, 6.45) is 2.30. The lowest BCUT2D eigenvalue weighted by Crippen LogP contribution is -2.68. The molecule has 2 heterocycles. The average Bonchev–Trinajstić information content (AvgIpc) is 2.78. The van der Waals surface area contributed by atoms with Crippen molar-refractivity contribution in [3.63, 3.8) is 0 Å². The van der Waals surface area contributed by atoms with Gasteiger partial charge in [0.05, 0.1) is 6.54 Å². The topological polar surface area (TPSA) is 80.1 Å². The first kappa shape index (κ1) is 13.5. The van der Waals surface area contributed by atoms with Crippen molar-refractivity contribution in [3.8, 4) is 0 Å². The van der Waals surface area contributed by atoms with Crippen LogP contribution in [-0.4, -0.2) is 43.3 Å². The van der Waals surface area contributed by atoms with Crippen LogP contribution in [0.2, 0.25) is 0 Å². The van der Waals surface area contributed by atoms with Crippen LogP contribution in [0.25, 0.3) is 0 Å². The zero-order valence-electron chi connectivity index (χ0n) is 11.7. The zero-order valence-corrected chi connectivity index (χ0v) is 11.7. The third kappa shape index (κ3) is 2.32. The van der Waals surface area contributed by atoms with E-state index in [1.807, 2.05) is 6.92 Å². The molecule has 104 valence electrons. The first-order chi connectivity index (χ1) is 8.87. The van der Waals surface area contributed by atoms with Gasteiger partial charge in [-0.05, 0) is 20.3 Å². The van der Waals surface area contributed by atoms with E-state index in [2.05, 4.69) is 15.6 Å². The first-order valence-electron chi connectivity index (χ1n) is 6.35. The Morgan fingerprint density at radius 2 is 2.16 bits per heavy atom. The van der Waals surface area contributed by atoms with Crippen LogP contribution in [0.1, 0.15) is 32.9 Å². The fraction of sp³-hybridized carbons (Fsp3) is 0.667. The molecule has 2 unspecified atom stereocenters. The molecule has 19 heavy (non-hydrogen) atoms. The van der Waals surface area contributed by atoms with Gasteiger partial charge in [-0.1, -0.05) is 12.1 Å². The van der Waals surface area contributed by atoms with Gasteiger partial charge >= 0.3 is 0 Å². The number of nitrogens with one attached hydrogen (secondary N) is 1. The van der Waals surface area contributed by atoms with Gasteiger partial charge in [-0.25, -0.2) is 0 Å². The van der Waals surface area contributed by atoms with E-state index < -0.39 is 11.6 Å². The fourth-order valence-electron chi connectivity index (χ4n) is 2.15. The van der Waals surface area contributed by atoms with Gasteiger partial charge in [0.2, 0.25) is 11.8 Å². The maximum absolute atomic E-state index is 12.5. The molecular weight excluding hydrogens is 246 g/mol. The summed E-state index contributed by atoms with van der Waals surface area (Å²) in [5.41, 5.74) is -0.151. The van der Waals surface area contributed by atoms with Crippen molar-refractivity contribution in [1.82, 2.24) is 25.2 Å². The van der Waals surface area contributed by atoms with Crippen LogP contribution in [0, 0.1) is 0 Å². The van der Waals surface area contributed by atoms with Crippen LogP contribution in [0.15, 0.2) is 6.20 Å². The molecule has 1 aliphatic rings. The fourth-order valence-corrected chi connectivity index (χ4v) is 2.15. The summed E-state index contributed by atoms with van der Waals surface area (Å²) >= 11 is 0. The molecule has 0 aliphatic carbocycles. The quantitative estimate of drug-likeness (QED) is 0.823. The summed E-state index contributed by atoms with van der Waals surface area (Å²) in [7, 11) is 1.76. The zero-order chi connectivity index (χ0) is 14.2. The maximum Gasteiger partial charge on any atom is 0.249 e. The smallest absolute Gasteiger partial charge is 0.249 e. The van der Waals surface area contributed by atoms with Crippen LogP contribution in [0.5, 0.6) is 0 Å². The third-order valence-electron chi connectivity index (χ3n) is 3.67. The molecule has 0 spiro atoms. The minimum Gasteiger partial charge on any atom is -0.340 e. The number of rotatable bonds is 3. The minimum absolute atomic E-state index is 0.0762. The van der Waals surface area contributed by atoms with Crippen LogP contribution < -0.4 is 5.32 Å². The Morgan fingerprint density at radius 3 is 2.68 bits per heavy atom. The number of hydrogen-bond donors (Lipinski definition) is 1. The molecule has 1 aromatic heterocycles. The molecule has 2 atom stereocenters. The molecule has 7 nitrogen and oxygen atoms in total. The lowest BCUT2D eigenvalue weighted by Gasteiger charge is -2.42. The minimum atomic E-state index is -0.828.